The molecule has 1 aromatic heterocycles. The van der Waals surface area contributed by atoms with E-state index in [1.807, 2.05) is 6.92 Å². The highest BCUT2D eigenvalue weighted by Crippen LogP contribution is 2.25. The van der Waals surface area contributed by atoms with Crippen LogP contribution in [0.15, 0.2) is 4.42 Å². The number of ether oxygens (including phenoxy) is 1. The van der Waals surface area contributed by atoms with Crippen molar-refractivity contribution in [2.45, 2.75) is 39.3 Å². The molecule has 1 saturated heterocycles. The molecule has 2 heterocycles. The average molecular weight is 268 g/mol. The summed E-state index contributed by atoms with van der Waals surface area (Å²) in [5.74, 6) is 1.22. The number of anilines is 1. The molecule has 1 N–H and O–H groups in total. The van der Waals surface area contributed by atoms with Gasteiger partial charge in [-0.25, -0.2) is 0 Å². The topological polar surface area (TPSA) is 63.4 Å². The van der Waals surface area contributed by atoms with Crippen molar-refractivity contribution in [2.24, 2.45) is 5.92 Å². The van der Waals surface area contributed by atoms with E-state index in [4.69, 9.17) is 9.15 Å². The zero-order valence-corrected chi connectivity index (χ0v) is 12.2. The van der Waals surface area contributed by atoms with Crippen LogP contribution >= 0.6 is 0 Å². The molecule has 19 heavy (non-hydrogen) atoms. The Balaban J connectivity index is 2.02. The fourth-order valence-corrected chi connectivity index (χ4v) is 2.44. The van der Waals surface area contributed by atoms with Crippen molar-refractivity contribution in [2.75, 3.05) is 31.6 Å². The molecule has 2 rings (SSSR count). The third-order valence-corrected chi connectivity index (χ3v) is 3.77. The van der Waals surface area contributed by atoms with Crippen LogP contribution in [0.5, 0.6) is 0 Å². The average Bonchev–Trinajstić information content (AvgIpc) is 2.89. The highest BCUT2D eigenvalue weighted by molar-refractivity contribution is 5.26. The fraction of sp³-hybridized carbons (Fsp3) is 0.846. The Labute approximate surface area is 114 Å². The Hall–Kier alpha value is -1.14. The van der Waals surface area contributed by atoms with Crippen molar-refractivity contribution in [3.05, 3.63) is 5.89 Å². The first kappa shape index (κ1) is 14.3. The van der Waals surface area contributed by atoms with Crippen LogP contribution in [-0.2, 0) is 4.74 Å². The Kier molecular flexibility index (Phi) is 4.76. The van der Waals surface area contributed by atoms with E-state index < -0.39 is 0 Å². The molecule has 108 valence electrons. The Bertz CT molecular complexity index is 396. The van der Waals surface area contributed by atoms with Crippen LogP contribution < -0.4 is 10.2 Å². The lowest BCUT2D eigenvalue weighted by molar-refractivity contribution is 0.0485. The van der Waals surface area contributed by atoms with Crippen molar-refractivity contribution in [3.63, 3.8) is 0 Å². The highest BCUT2D eigenvalue weighted by atomic mass is 16.5. The molecular weight excluding hydrogens is 244 g/mol. The fourth-order valence-electron chi connectivity index (χ4n) is 2.44. The van der Waals surface area contributed by atoms with Gasteiger partial charge in [0.2, 0.25) is 5.89 Å². The molecule has 6 heteroatoms. The number of nitrogens with one attached hydrogen (secondary N) is 1. The van der Waals surface area contributed by atoms with E-state index >= 15 is 0 Å². The van der Waals surface area contributed by atoms with Gasteiger partial charge in [-0.05, 0) is 25.8 Å². The first-order valence-electron chi connectivity index (χ1n) is 7.00. The number of aromatic nitrogens is 2. The first-order chi connectivity index (χ1) is 9.15. The zero-order valence-electron chi connectivity index (χ0n) is 12.2. The summed E-state index contributed by atoms with van der Waals surface area (Å²) in [7, 11) is 1.76. The second-order valence-electron chi connectivity index (χ2n) is 5.19. The van der Waals surface area contributed by atoms with Gasteiger partial charge in [-0.15, -0.1) is 5.10 Å². The van der Waals surface area contributed by atoms with E-state index in [0.717, 1.165) is 26.1 Å². The third-order valence-electron chi connectivity index (χ3n) is 3.77. The van der Waals surface area contributed by atoms with Gasteiger partial charge in [0.1, 0.15) is 0 Å². The maximum atomic E-state index is 5.75. The molecular formula is C13H24N4O2. The minimum atomic E-state index is 0.0909. The summed E-state index contributed by atoms with van der Waals surface area (Å²) < 4.78 is 11.3. The second-order valence-corrected chi connectivity index (χ2v) is 5.19. The van der Waals surface area contributed by atoms with Crippen molar-refractivity contribution in [1.29, 1.82) is 0 Å². The monoisotopic (exact) mass is 268 g/mol. The van der Waals surface area contributed by atoms with E-state index in [0.29, 0.717) is 17.8 Å². The van der Waals surface area contributed by atoms with Gasteiger partial charge in [-0.2, -0.15) is 0 Å². The Morgan fingerprint density at radius 1 is 1.53 bits per heavy atom. The predicted octanol–water partition coefficient (Wildman–Crippen LogP) is 1.60. The maximum absolute atomic E-state index is 5.75. The lowest BCUT2D eigenvalue weighted by Crippen LogP contribution is -2.44. The molecule has 0 saturated carbocycles. The number of methoxy groups -OCH3 is 1. The summed E-state index contributed by atoms with van der Waals surface area (Å²) in [5.41, 5.74) is 0. The SMILES string of the molecule is CCNC(C)c1nnc(N2CCC(C)C(OC)C2)o1. The molecule has 6 nitrogen and oxygen atoms in total. The van der Waals surface area contributed by atoms with Gasteiger partial charge in [-0.1, -0.05) is 18.9 Å². The van der Waals surface area contributed by atoms with Gasteiger partial charge in [0.25, 0.3) is 0 Å². The number of nitrogens with zero attached hydrogens (tertiary/aromatic N) is 3. The van der Waals surface area contributed by atoms with E-state index in [-0.39, 0.29) is 12.1 Å². The van der Waals surface area contributed by atoms with Crippen LogP contribution in [0.2, 0.25) is 0 Å². The van der Waals surface area contributed by atoms with Gasteiger partial charge < -0.3 is 19.4 Å². The third kappa shape index (κ3) is 3.25. The smallest absolute Gasteiger partial charge is 0.318 e. The molecule has 0 spiro atoms. The van der Waals surface area contributed by atoms with Gasteiger partial charge in [0.15, 0.2) is 0 Å². The molecule has 0 amide bonds. The molecule has 1 aromatic rings. The van der Waals surface area contributed by atoms with Crippen molar-refractivity contribution < 1.29 is 9.15 Å². The van der Waals surface area contributed by atoms with Crippen LogP contribution in [0.4, 0.5) is 6.01 Å². The molecule has 1 aliphatic heterocycles. The van der Waals surface area contributed by atoms with Crippen molar-refractivity contribution in [3.8, 4) is 0 Å². The van der Waals surface area contributed by atoms with Gasteiger partial charge in [-0.3, -0.25) is 0 Å². The molecule has 0 bridgehead atoms. The number of hydrogen-bond acceptors (Lipinski definition) is 6. The van der Waals surface area contributed by atoms with Crippen molar-refractivity contribution in [1.82, 2.24) is 15.5 Å². The van der Waals surface area contributed by atoms with Crippen LogP contribution in [0.1, 0.15) is 39.1 Å². The molecule has 1 fully saturated rings. The second kappa shape index (κ2) is 6.34. The van der Waals surface area contributed by atoms with E-state index in [1.54, 1.807) is 7.11 Å². The lowest BCUT2D eigenvalue weighted by atomic mass is 9.96. The molecule has 0 aliphatic carbocycles. The summed E-state index contributed by atoms with van der Waals surface area (Å²) in [5, 5.41) is 11.5. The van der Waals surface area contributed by atoms with Crippen LogP contribution in [0.3, 0.4) is 0 Å². The van der Waals surface area contributed by atoms with Crippen LogP contribution in [-0.4, -0.2) is 43.0 Å². The lowest BCUT2D eigenvalue weighted by Gasteiger charge is -2.34. The minimum absolute atomic E-state index is 0.0909. The first-order valence-corrected chi connectivity index (χ1v) is 7.00. The van der Waals surface area contributed by atoms with Crippen LogP contribution in [0.25, 0.3) is 0 Å². The number of rotatable bonds is 5. The quantitative estimate of drug-likeness (QED) is 0.875. The molecule has 0 radical (unpaired) electrons. The van der Waals surface area contributed by atoms with E-state index in [9.17, 15) is 0 Å². The normalized spacial score (nSPS) is 25.6. The standard InChI is InChI=1S/C13H24N4O2/c1-5-14-10(3)12-15-16-13(19-12)17-7-6-9(2)11(8-17)18-4/h9-11,14H,5-8H2,1-4H3. The van der Waals surface area contributed by atoms with Gasteiger partial charge in [0, 0.05) is 20.2 Å². The van der Waals surface area contributed by atoms with Crippen molar-refractivity contribution >= 4 is 6.01 Å². The van der Waals surface area contributed by atoms with Gasteiger partial charge in [0.05, 0.1) is 12.1 Å². The number of piperidine rings is 1. The highest BCUT2D eigenvalue weighted by Gasteiger charge is 2.29. The van der Waals surface area contributed by atoms with Crippen LogP contribution in [0, 0.1) is 5.92 Å². The molecule has 1 aliphatic rings. The molecule has 3 atom stereocenters. The summed E-state index contributed by atoms with van der Waals surface area (Å²) >= 11 is 0. The maximum Gasteiger partial charge on any atom is 0.318 e. The minimum Gasteiger partial charge on any atom is -0.406 e. The zero-order chi connectivity index (χ0) is 13.8. The predicted molar refractivity (Wildman–Crippen MR) is 73.2 cm³/mol. The van der Waals surface area contributed by atoms with E-state index in [2.05, 4.69) is 34.3 Å². The summed E-state index contributed by atoms with van der Waals surface area (Å²) in [6, 6.07) is 0.696. The molecule has 3 unspecified atom stereocenters. The van der Waals surface area contributed by atoms with E-state index in [1.165, 1.54) is 0 Å². The molecule has 0 aromatic carbocycles. The Morgan fingerprint density at radius 2 is 2.32 bits per heavy atom. The summed E-state index contributed by atoms with van der Waals surface area (Å²) in [6.45, 7) is 8.94. The largest absolute Gasteiger partial charge is 0.406 e. The van der Waals surface area contributed by atoms with Gasteiger partial charge >= 0.3 is 6.01 Å². The summed E-state index contributed by atoms with van der Waals surface area (Å²) in [4.78, 5) is 2.11. The number of hydrogen-bond donors (Lipinski definition) is 1. The Morgan fingerprint density at radius 3 is 3.00 bits per heavy atom. The summed E-state index contributed by atoms with van der Waals surface area (Å²) in [6.07, 6.45) is 1.31.